The second kappa shape index (κ2) is 9.27. The molecule has 1 saturated heterocycles. The Morgan fingerprint density at radius 2 is 1.89 bits per heavy atom. The molecular weight excluding hydrogens is 362 g/mol. The standard InChI is InChI=1S/C20H25N3O5/c1-26-15-5-6-16(18(14-15)27-2)21-19(24)7-8-22-9-11-23(12-10-22)20(25)17-4-3-13-28-17/h3-6,13-14H,7-12H2,1-2H3,(H,21,24). The van der Waals surface area contributed by atoms with Crippen LogP contribution in [-0.2, 0) is 4.79 Å². The maximum absolute atomic E-state index is 12.3. The molecule has 3 rings (SSSR count). The van der Waals surface area contributed by atoms with Crippen LogP contribution < -0.4 is 14.8 Å². The topological polar surface area (TPSA) is 84.3 Å². The van der Waals surface area contributed by atoms with Crippen molar-refractivity contribution in [1.29, 1.82) is 0 Å². The zero-order valence-corrected chi connectivity index (χ0v) is 16.1. The number of piperazine rings is 1. The maximum atomic E-state index is 12.3. The SMILES string of the molecule is COc1ccc(NC(=O)CCN2CCN(C(=O)c3ccco3)CC2)c(OC)c1. The highest BCUT2D eigenvalue weighted by molar-refractivity contribution is 5.92. The molecule has 0 unspecified atom stereocenters. The average molecular weight is 387 g/mol. The number of methoxy groups -OCH3 is 2. The van der Waals surface area contributed by atoms with Gasteiger partial charge in [-0.25, -0.2) is 0 Å². The van der Waals surface area contributed by atoms with Crippen molar-refractivity contribution in [2.45, 2.75) is 6.42 Å². The Hall–Kier alpha value is -3.00. The lowest BCUT2D eigenvalue weighted by molar-refractivity contribution is -0.116. The lowest BCUT2D eigenvalue weighted by Gasteiger charge is -2.34. The summed E-state index contributed by atoms with van der Waals surface area (Å²) in [6.07, 6.45) is 1.86. The van der Waals surface area contributed by atoms with E-state index in [4.69, 9.17) is 13.9 Å². The second-order valence-electron chi connectivity index (χ2n) is 6.48. The minimum Gasteiger partial charge on any atom is -0.497 e. The van der Waals surface area contributed by atoms with Crippen LogP contribution in [0, 0.1) is 0 Å². The van der Waals surface area contributed by atoms with Gasteiger partial charge in [0, 0.05) is 45.2 Å². The van der Waals surface area contributed by atoms with E-state index in [-0.39, 0.29) is 11.8 Å². The number of ether oxygens (including phenoxy) is 2. The minimum atomic E-state index is -0.0889. The number of anilines is 1. The largest absolute Gasteiger partial charge is 0.497 e. The van der Waals surface area contributed by atoms with E-state index in [0.29, 0.717) is 49.0 Å². The van der Waals surface area contributed by atoms with Crippen molar-refractivity contribution in [1.82, 2.24) is 9.80 Å². The third kappa shape index (κ3) is 4.83. The molecule has 0 atom stereocenters. The van der Waals surface area contributed by atoms with E-state index in [1.807, 2.05) is 0 Å². The van der Waals surface area contributed by atoms with Gasteiger partial charge in [-0.2, -0.15) is 0 Å². The number of hydrogen-bond donors (Lipinski definition) is 1. The summed E-state index contributed by atoms with van der Waals surface area (Å²) >= 11 is 0. The van der Waals surface area contributed by atoms with Crippen LogP contribution >= 0.6 is 0 Å². The molecule has 1 aliphatic rings. The number of carbonyl (C=O) groups is 2. The molecule has 1 aromatic heterocycles. The molecule has 8 heteroatoms. The third-order valence-corrected chi connectivity index (χ3v) is 4.73. The van der Waals surface area contributed by atoms with Crippen molar-refractivity contribution in [3.63, 3.8) is 0 Å². The van der Waals surface area contributed by atoms with E-state index in [1.165, 1.54) is 6.26 Å². The molecule has 150 valence electrons. The first kappa shape index (κ1) is 19.8. The van der Waals surface area contributed by atoms with E-state index in [1.54, 1.807) is 49.5 Å². The fourth-order valence-corrected chi connectivity index (χ4v) is 3.10. The van der Waals surface area contributed by atoms with Crippen LogP contribution in [0.25, 0.3) is 0 Å². The predicted molar refractivity (Wildman–Crippen MR) is 104 cm³/mol. The summed E-state index contributed by atoms with van der Waals surface area (Å²) < 4.78 is 15.6. The molecule has 0 radical (unpaired) electrons. The predicted octanol–water partition coefficient (Wildman–Crippen LogP) is 2.08. The monoisotopic (exact) mass is 387 g/mol. The fraction of sp³-hybridized carbons (Fsp3) is 0.400. The Kier molecular flexibility index (Phi) is 6.54. The molecule has 28 heavy (non-hydrogen) atoms. The number of amides is 2. The van der Waals surface area contributed by atoms with Gasteiger partial charge in [-0.15, -0.1) is 0 Å². The van der Waals surface area contributed by atoms with Gasteiger partial charge in [-0.3, -0.25) is 14.5 Å². The van der Waals surface area contributed by atoms with Crippen LogP contribution in [0.15, 0.2) is 41.0 Å². The Labute approximate surface area is 164 Å². The van der Waals surface area contributed by atoms with Gasteiger partial charge in [0.15, 0.2) is 5.76 Å². The maximum Gasteiger partial charge on any atom is 0.289 e. The Balaban J connectivity index is 1.44. The number of benzene rings is 1. The molecule has 1 fully saturated rings. The Bertz CT molecular complexity index is 798. The van der Waals surface area contributed by atoms with E-state index in [9.17, 15) is 9.59 Å². The van der Waals surface area contributed by atoms with E-state index in [0.717, 1.165) is 13.1 Å². The third-order valence-electron chi connectivity index (χ3n) is 4.73. The van der Waals surface area contributed by atoms with E-state index < -0.39 is 0 Å². The van der Waals surface area contributed by atoms with Gasteiger partial charge < -0.3 is 24.1 Å². The number of carbonyl (C=O) groups excluding carboxylic acids is 2. The van der Waals surface area contributed by atoms with Crippen molar-refractivity contribution < 1.29 is 23.5 Å². The normalized spacial score (nSPS) is 14.6. The van der Waals surface area contributed by atoms with Crippen LogP contribution in [0.3, 0.4) is 0 Å². The number of nitrogens with zero attached hydrogens (tertiary/aromatic N) is 2. The molecule has 0 bridgehead atoms. The van der Waals surface area contributed by atoms with Crippen molar-refractivity contribution >= 4 is 17.5 Å². The first-order chi connectivity index (χ1) is 13.6. The van der Waals surface area contributed by atoms with Crippen LogP contribution in [0.2, 0.25) is 0 Å². The highest BCUT2D eigenvalue weighted by atomic mass is 16.5. The molecule has 0 spiro atoms. The molecule has 2 aromatic rings. The summed E-state index contributed by atoms with van der Waals surface area (Å²) in [4.78, 5) is 28.5. The zero-order chi connectivity index (χ0) is 19.9. The summed E-state index contributed by atoms with van der Waals surface area (Å²) in [6.45, 7) is 3.32. The smallest absolute Gasteiger partial charge is 0.289 e. The van der Waals surface area contributed by atoms with E-state index >= 15 is 0 Å². The highest BCUT2D eigenvalue weighted by Gasteiger charge is 2.23. The first-order valence-electron chi connectivity index (χ1n) is 9.17. The quantitative estimate of drug-likeness (QED) is 0.783. The van der Waals surface area contributed by atoms with Crippen molar-refractivity contribution in [2.24, 2.45) is 0 Å². The molecule has 1 N–H and O–H groups in total. The minimum absolute atomic E-state index is 0.0856. The number of hydrogen-bond acceptors (Lipinski definition) is 6. The zero-order valence-electron chi connectivity index (χ0n) is 16.1. The summed E-state index contributed by atoms with van der Waals surface area (Å²) in [5, 5.41) is 2.87. The summed E-state index contributed by atoms with van der Waals surface area (Å²) in [6, 6.07) is 8.64. The lowest BCUT2D eigenvalue weighted by atomic mass is 10.2. The second-order valence-corrected chi connectivity index (χ2v) is 6.48. The van der Waals surface area contributed by atoms with E-state index in [2.05, 4.69) is 10.2 Å². The molecule has 2 heterocycles. The molecule has 2 amide bonds. The van der Waals surface area contributed by atoms with Gasteiger partial charge in [0.25, 0.3) is 5.91 Å². The van der Waals surface area contributed by atoms with Gasteiger partial charge in [0.1, 0.15) is 11.5 Å². The van der Waals surface area contributed by atoms with Crippen molar-refractivity contribution in [3.05, 3.63) is 42.4 Å². The van der Waals surface area contributed by atoms with Gasteiger partial charge in [0.2, 0.25) is 5.91 Å². The molecule has 0 aliphatic carbocycles. The number of nitrogens with one attached hydrogen (secondary N) is 1. The summed E-state index contributed by atoms with van der Waals surface area (Å²) in [5.41, 5.74) is 0.613. The Morgan fingerprint density at radius 1 is 1.11 bits per heavy atom. The van der Waals surface area contributed by atoms with Gasteiger partial charge in [-0.05, 0) is 24.3 Å². The number of furan rings is 1. The van der Waals surface area contributed by atoms with Gasteiger partial charge in [0.05, 0.1) is 26.2 Å². The lowest BCUT2D eigenvalue weighted by Crippen LogP contribution is -2.49. The molecule has 0 saturated carbocycles. The summed E-state index contributed by atoms with van der Waals surface area (Å²) in [5.74, 6) is 1.40. The first-order valence-corrected chi connectivity index (χ1v) is 9.17. The molecule has 1 aromatic carbocycles. The van der Waals surface area contributed by atoms with Crippen LogP contribution in [0.1, 0.15) is 17.0 Å². The fourth-order valence-electron chi connectivity index (χ4n) is 3.10. The molecule has 1 aliphatic heterocycles. The highest BCUT2D eigenvalue weighted by Crippen LogP contribution is 2.29. The van der Waals surface area contributed by atoms with Crippen LogP contribution in [-0.4, -0.2) is 68.6 Å². The average Bonchev–Trinajstić information content (AvgIpc) is 3.27. The van der Waals surface area contributed by atoms with Gasteiger partial charge in [-0.1, -0.05) is 0 Å². The van der Waals surface area contributed by atoms with Gasteiger partial charge >= 0.3 is 0 Å². The van der Waals surface area contributed by atoms with Crippen molar-refractivity contribution in [3.8, 4) is 11.5 Å². The van der Waals surface area contributed by atoms with Crippen LogP contribution in [0.5, 0.6) is 11.5 Å². The van der Waals surface area contributed by atoms with Crippen molar-refractivity contribution in [2.75, 3.05) is 52.3 Å². The summed E-state index contributed by atoms with van der Waals surface area (Å²) in [7, 11) is 3.13. The Morgan fingerprint density at radius 3 is 2.54 bits per heavy atom. The molecule has 8 nitrogen and oxygen atoms in total. The molecular formula is C20H25N3O5. The number of rotatable bonds is 7. The van der Waals surface area contributed by atoms with Crippen LogP contribution in [0.4, 0.5) is 5.69 Å².